The molecule has 1 aromatic carbocycles. The topological polar surface area (TPSA) is 49.0 Å². The van der Waals surface area contributed by atoms with Gasteiger partial charge in [0, 0.05) is 13.1 Å². The van der Waals surface area contributed by atoms with Crippen molar-refractivity contribution in [3.05, 3.63) is 56.5 Å². The maximum atomic E-state index is 11.6. The standard InChI is InChI=1S/C13H12BrN3O/c14-11-12(15-8-16-13(11)18)17-6-5-9-3-1-2-4-10(9)7-17/h1-4,8H,5-7H2,(H,15,16,18). The van der Waals surface area contributed by atoms with E-state index in [-0.39, 0.29) is 5.56 Å². The van der Waals surface area contributed by atoms with Crippen LogP contribution in [-0.2, 0) is 13.0 Å². The SMILES string of the molecule is O=c1[nH]cnc(N2CCc3ccccc3C2)c1Br. The number of hydrogen-bond acceptors (Lipinski definition) is 3. The van der Waals surface area contributed by atoms with E-state index < -0.39 is 0 Å². The normalized spacial score (nSPS) is 14.4. The largest absolute Gasteiger partial charge is 0.351 e. The summed E-state index contributed by atoms with van der Waals surface area (Å²) >= 11 is 3.31. The number of nitrogens with one attached hydrogen (secondary N) is 1. The van der Waals surface area contributed by atoms with E-state index in [1.807, 2.05) is 6.07 Å². The van der Waals surface area contributed by atoms with Gasteiger partial charge in [-0.1, -0.05) is 24.3 Å². The molecule has 0 bridgehead atoms. The Morgan fingerprint density at radius 1 is 1.28 bits per heavy atom. The lowest BCUT2D eigenvalue weighted by molar-refractivity contribution is 0.716. The number of rotatable bonds is 1. The van der Waals surface area contributed by atoms with Crippen LogP contribution in [0.1, 0.15) is 11.1 Å². The molecule has 18 heavy (non-hydrogen) atoms. The molecule has 0 amide bonds. The summed E-state index contributed by atoms with van der Waals surface area (Å²) in [5.74, 6) is 0.716. The van der Waals surface area contributed by atoms with Crippen LogP contribution in [0.5, 0.6) is 0 Å². The van der Waals surface area contributed by atoms with Crippen LogP contribution in [-0.4, -0.2) is 16.5 Å². The van der Waals surface area contributed by atoms with E-state index in [0.29, 0.717) is 10.3 Å². The monoisotopic (exact) mass is 305 g/mol. The number of hydrogen-bond donors (Lipinski definition) is 1. The molecule has 0 unspecified atom stereocenters. The Hall–Kier alpha value is -1.62. The molecule has 0 aliphatic carbocycles. The average molecular weight is 306 g/mol. The molecule has 0 saturated heterocycles. The van der Waals surface area contributed by atoms with Gasteiger partial charge in [-0.25, -0.2) is 4.98 Å². The summed E-state index contributed by atoms with van der Waals surface area (Å²) in [6, 6.07) is 8.40. The van der Waals surface area contributed by atoms with Crippen molar-refractivity contribution in [3.63, 3.8) is 0 Å². The molecule has 0 fully saturated rings. The van der Waals surface area contributed by atoms with Gasteiger partial charge in [0.1, 0.15) is 4.47 Å². The van der Waals surface area contributed by atoms with Crippen molar-refractivity contribution in [2.75, 3.05) is 11.4 Å². The minimum Gasteiger partial charge on any atom is -0.351 e. The van der Waals surface area contributed by atoms with Gasteiger partial charge in [0.15, 0.2) is 5.82 Å². The second kappa shape index (κ2) is 4.57. The molecule has 1 N–H and O–H groups in total. The van der Waals surface area contributed by atoms with Crippen LogP contribution in [0.3, 0.4) is 0 Å². The minimum absolute atomic E-state index is 0.140. The van der Waals surface area contributed by atoms with Crippen LogP contribution >= 0.6 is 15.9 Å². The molecule has 92 valence electrons. The molecule has 4 nitrogen and oxygen atoms in total. The summed E-state index contributed by atoms with van der Waals surface area (Å²) in [5, 5.41) is 0. The third kappa shape index (κ3) is 1.95. The lowest BCUT2D eigenvalue weighted by atomic mass is 10.00. The Balaban J connectivity index is 1.97. The third-order valence-corrected chi connectivity index (χ3v) is 3.92. The van der Waals surface area contributed by atoms with Crippen molar-refractivity contribution in [2.24, 2.45) is 0 Å². The second-order valence-corrected chi connectivity index (χ2v) is 5.10. The molecule has 0 saturated carbocycles. The fourth-order valence-electron chi connectivity index (χ4n) is 2.27. The van der Waals surface area contributed by atoms with E-state index in [2.05, 4.69) is 49.0 Å². The highest BCUT2D eigenvalue weighted by Crippen LogP contribution is 2.26. The highest BCUT2D eigenvalue weighted by atomic mass is 79.9. The van der Waals surface area contributed by atoms with Gasteiger partial charge >= 0.3 is 0 Å². The maximum Gasteiger partial charge on any atom is 0.267 e. The third-order valence-electron chi connectivity index (χ3n) is 3.21. The molecular weight excluding hydrogens is 294 g/mol. The summed E-state index contributed by atoms with van der Waals surface area (Å²) in [6.07, 6.45) is 2.43. The van der Waals surface area contributed by atoms with Crippen molar-refractivity contribution in [1.82, 2.24) is 9.97 Å². The number of H-pyrrole nitrogens is 1. The molecule has 0 atom stereocenters. The van der Waals surface area contributed by atoms with Crippen LogP contribution in [0.25, 0.3) is 0 Å². The maximum absolute atomic E-state index is 11.6. The smallest absolute Gasteiger partial charge is 0.267 e. The lowest BCUT2D eigenvalue weighted by Gasteiger charge is -2.30. The predicted molar refractivity (Wildman–Crippen MR) is 73.8 cm³/mol. The Bertz CT molecular complexity index is 638. The molecule has 2 aromatic rings. The quantitative estimate of drug-likeness (QED) is 0.878. The first-order valence-electron chi connectivity index (χ1n) is 5.80. The summed E-state index contributed by atoms with van der Waals surface area (Å²) in [4.78, 5) is 20.5. The summed E-state index contributed by atoms with van der Waals surface area (Å²) in [6.45, 7) is 1.68. The van der Waals surface area contributed by atoms with E-state index in [4.69, 9.17) is 0 Å². The fraction of sp³-hybridized carbons (Fsp3) is 0.231. The van der Waals surface area contributed by atoms with E-state index in [1.54, 1.807) is 0 Å². The van der Waals surface area contributed by atoms with Crippen LogP contribution in [0, 0.1) is 0 Å². The van der Waals surface area contributed by atoms with Crippen molar-refractivity contribution < 1.29 is 0 Å². The van der Waals surface area contributed by atoms with Crippen molar-refractivity contribution >= 4 is 21.7 Å². The van der Waals surface area contributed by atoms with Crippen molar-refractivity contribution in [1.29, 1.82) is 0 Å². The van der Waals surface area contributed by atoms with E-state index in [1.165, 1.54) is 17.5 Å². The van der Waals surface area contributed by atoms with Gasteiger partial charge in [-0.3, -0.25) is 4.79 Å². The van der Waals surface area contributed by atoms with E-state index in [0.717, 1.165) is 19.5 Å². The Morgan fingerprint density at radius 3 is 2.89 bits per heavy atom. The van der Waals surface area contributed by atoms with Gasteiger partial charge in [-0.05, 0) is 33.5 Å². The van der Waals surface area contributed by atoms with Crippen molar-refractivity contribution in [3.8, 4) is 0 Å². The van der Waals surface area contributed by atoms with Crippen LogP contribution in [0.4, 0.5) is 5.82 Å². The molecule has 1 aliphatic rings. The van der Waals surface area contributed by atoms with Gasteiger partial charge in [0.25, 0.3) is 5.56 Å². The van der Waals surface area contributed by atoms with Gasteiger partial charge in [-0.15, -0.1) is 0 Å². The van der Waals surface area contributed by atoms with Gasteiger partial charge in [-0.2, -0.15) is 0 Å². The predicted octanol–water partition coefficient (Wildman–Crippen LogP) is 2.10. The summed E-state index contributed by atoms with van der Waals surface area (Å²) < 4.78 is 0.504. The summed E-state index contributed by atoms with van der Waals surface area (Å²) in [5.41, 5.74) is 2.55. The fourth-order valence-corrected chi connectivity index (χ4v) is 2.74. The number of anilines is 1. The molecular formula is C13H12BrN3O. The zero-order valence-electron chi connectivity index (χ0n) is 9.69. The molecule has 0 spiro atoms. The zero-order valence-corrected chi connectivity index (χ0v) is 11.3. The van der Waals surface area contributed by atoms with Crippen molar-refractivity contribution in [2.45, 2.75) is 13.0 Å². The molecule has 3 rings (SSSR count). The number of fused-ring (bicyclic) bond motifs is 1. The minimum atomic E-state index is -0.140. The molecule has 1 aromatic heterocycles. The van der Waals surface area contributed by atoms with Crippen LogP contribution < -0.4 is 10.5 Å². The number of aromatic amines is 1. The lowest BCUT2D eigenvalue weighted by Crippen LogP contribution is -2.32. The van der Waals surface area contributed by atoms with E-state index in [9.17, 15) is 4.79 Å². The second-order valence-electron chi connectivity index (χ2n) is 4.31. The van der Waals surface area contributed by atoms with Gasteiger partial charge in [0.2, 0.25) is 0 Å². The average Bonchev–Trinajstić information content (AvgIpc) is 2.41. The van der Waals surface area contributed by atoms with Crippen LogP contribution in [0.2, 0.25) is 0 Å². The highest BCUT2D eigenvalue weighted by molar-refractivity contribution is 9.10. The first kappa shape index (κ1) is 11.5. The number of halogens is 1. The Kier molecular flexibility index (Phi) is 2.91. The molecule has 1 aliphatic heterocycles. The molecule has 5 heteroatoms. The Labute approximate surface area is 113 Å². The highest BCUT2D eigenvalue weighted by Gasteiger charge is 2.19. The Morgan fingerprint density at radius 2 is 2.06 bits per heavy atom. The number of benzene rings is 1. The van der Waals surface area contributed by atoms with E-state index >= 15 is 0 Å². The summed E-state index contributed by atoms with van der Waals surface area (Å²) in [7, 11) is 0. The number of aromatic nitrogens is 2. The number of nitrogens with zero attached hydrogens (tertiary/aromatic N) is 2. The first-order chi connectivity index (χ1) is 8.75. The van der Waals surface area contributed by atoms with Gasteiger partial charge in [0.05, 0.1) is 6.33 Å². The molecule has 2 heterocycles. The zero-order chi connectivity index (χ0) is 12.5. The molecule has 0 radical (unpaired) electrons. The first-order valence-corrected chi connectivity index (χ1v) is 6.60. The van der Waals surface area contributed by atoms with Crippen LogP contribution in [0.15, 0.2) is 39.9 Å². The van der Waals surface area contributed by atoms with Gasteiger partial charge < -0.3 is 9.88 Å².